The molecule has 2 nitrogen and oxygen atoms in total. The number of hydrogen-bond acceptors (Lipinski definition) is 2. The van der Waals surface area contributed by atoms with Crippen molar-refractivity contribution in [2.24, 2.45) is 39.7 Å². The SMILES string of the molecule is C/C(=N\O)C1=CCC2C3CC=C4CC(C)CCC4(C)C3CCC12C. The third-order valence-corrected chi connectivity index (χ3v) is 8.47. The van der Waals surface area contributed by atoms with Crippen molar-refractivity contribution in [3.8, 4) is 0 Å². The molecule has 2 heteroatoms. The van der Waals surface area contributed by atoms with Gasteiger partial charge in [0.2, 0.25) is 0 Å². The molecule has 0 amide bonds. The number of hydrogen-bond donors (Lipinski definition) is 1. The van der Waals surface area contributed by atoms with Crippen LogP contribution in [0.2, 0.25) is 0 Å². The molecule has 1 N–H and O–H groups in total. The van der Waals surface area contributed by atoms with Gasteiger partial charge in [-0.25, -0.2) is 0 Å². The fourth-order valence-electron chi connectivity index (χ4n) is 7.03. The smallest absolute Gasteiger partial charge is 0.0799 e. The van der Waals surface area contributed by atoms with E-state index in [1.165, 1.54) is 50.5 Å². The molecule has 0 radical (unpaired) electrons. The Hall–Kier alpha value is -1.05. The molecule has 0 heterocycles. The van der Waals surface area contributed by atoms with Crippen molar-refractivity contribution in [3.63, 3.8) is 0 Å². The average Bonchev–Trinajstić information content (AvgIpc) is 2.92. The summed E-state index contributed by atoms with van der Waals surface area (Å²) in [6, 6.07) is 0. The second-order valence-electron chi connectivity index (χ2n) is 9.60. The summed E-state index contributed by atoms with van der Waals surface area (Å²) in [7, 11) is 0. The second-order valence-corrected chi connectivity index (χ2v) is 9.60. The maximum Gasteiger partial charge on any atom is 0.0799 e. The summed E-state index contributed by atoms with van der Waals surface area (Å²) in [5.74, 6) is 3.28. The maximum absolute atomic E-state index is 9.29. The van der Waals surface area contributed by atoms with Crippen LogP contribution in [-0.4, -0.2) is 10.9 Å². The van der Waals surface area contributed by atoms with Crippen molar-refractivity contribution < 1.29 is 5.21 Å². The molecule has 0 saturated heterocycles. The standard InChI is InChI=1S/C22H33NO/c1-14-9-11-21(3)16(13-14)5-6-17-19-8-7-18(15(2)23-24)22(19,4)12-10-20(17)21/h5,7,14,17,19-20,24H,6,8-13H2,1-4H3/b23-15+. The lowest BCUT2D eigenvalue weighted by molar-refractivity contribution is -0.0187. The van der Waals surface area contributed by atoms with Gasteiger partial charge in [-0.2, -0.15) is 0 Å². The van der Waals surface area contributed by atoms with E-state index in [0.29, 0.717) is 5.41 Å². The zero-order valence-corrected chi connectivity index (χ0v) is 15.8. The summed E-state index contributed by atoms with van der Waals surface area (Å²) in [5, 5.41) is 12.8. The topological polar surface area (TPSA) is 32.6 Å². The van der Waals surface area contributed by atoms with E-state index < -0.39 is 0 Å². The number of oxime groups is 1. The second kappa shape index (κ2) is 5.47. The molecule has 0 spiro atoms. The molecular formula is C22H33NO. The normalized spacial score (nSPS) is 48.1. The van der Waals surface area contributed by atoms with E-state index in [2.05, 4.69) is 38.1 Å². The largest absolute Gasteiger partial charge is 0.411 e. The van der Waals surface area contributed by atoms with Gasteiger partial charge < -0.3 is 5.21 Å². The highest BCUT2D eigenvalue weighted by Crippen LogP contribution is 2.65. The molecule has 4 aliphatic carbocycles. The molecule has 2 saturated carbocycles. The van der Waals surface area contributed by atoms with E-state index in [0.717, 1.165) is 29.4 Å². The van der Waals surface area contributed by atoms with Gasteiger partial charge in [0, 0.05) is 0 Å². The van der Waals surface area contributed by atoms with Crippen LogP contribution in [-0.2, 0) is 0 Å². The van der Waals surface area contributed by atoms with Crippen LogP contribution in [0.3, 0.4) is 0 Å². The van der Waals surface area contributed by atoms with Crippen LogP contribution < -0.4 is 0 Å². The van der Waals surface area contributed by atoms with Gasteiger partial charge in [0.15, 0.2) is 0 Å². The number of allylic oxidation sites excluding steroid dienone is 4. The van der Waals surface area contributed by atoms with E-state index in [1.54, 1.807) is 5.57 Å². The summed E-state index contributed by atoms with van der Waals surface area (Å²) in [6.07, 6.45) is 14.2. The minimum atomic E-state index is 0.223. The van der Waals surface area contributed by atoms with Gasteiger partial charge in [-0.05, 0) is 91.9 Å². The van der Waals surface area contributed by atoms with Gasteiger partial charge in [-0.3, -0.25) is 0 Å². The Kier molecular flexibility index (Phi) is 3.75. The van der Waals surface area contributed by atoms with Gasteiger partial charge in [-0.15, -0.1) is 0 Å². The Morgan fingerprint density at radius 2 is 1.83 bits per heavy atom. The Morgan fingerprint density at radius 1 is 1.08 bits per heavy atom. The summed E-state index contributed by atoms with van der Waals surface area (Å²) in [4.78, 5) is 0. The van der Waals surface area contributed by atoms with E-state index >= 15 is 0 Å². The Balaban J connectivity index is 1.66. The zero-order chi connectivity index (χ0) is 17.1. The lowest BCUT2D eigenvalue weighted by atomic mass is 9.47. The maximum atomic E-state index is 9.29. The quantitative estimate of drug-likeness (QED) is 0.273. The molecule has 0 bridgehead atoms. The van der Waals surface area contributed by atoms with E-state index in [1.807, 2.05) is 6.92 Å². The summed E-state index contributed by atoms with van der Waals surface area (Å²) in [5.41, 5.74) is 4.63. The fraction of sp³-hybridized carbons (Fsp3) is 0.773. The predicted molar refractivity (Wildman–Crippen MR) is 99.2 cm³/mol. The van der Waals surface area contributed by atoms with Crippen molar-refractivity contribution in [2.45, 2.75) is 72.6 Å². The average molecular weight is 328 g/mol. The Morgan fingerprint density at radius 3 is 2.58 bits per heavy atom. The molecule has 0 aromatic rings. The summed E-state index contributed by atoms with van der Waals surface area (Å²) < 4.78 is 0. The number of fused-ring (bicyclic) bond motifs is 5. The molecule has 132 valence electrons. The summed E-state index contributed by atoms with van der Waals surface area (Å²) in [6.45, 7) is 9.41. The molecule has 4 rings (SSSR count). The van der Waals surface area contributed by atoms with Crippen LogP contribution in [0.15, 0.2) is 28.5 Å². The first-order chi connectivity index (χ1) is 11.4. The number of nitrogens with zero attached hydrogens (tertiary/aromatic N) is 1. The first-order valence-electron chi connectivity index (χ1n) is 9.99. The third kappa shape index (κ3) is 2.10. The highest BCUT2D eigenvalue weighted by Gasteiger charge is 2.56. The van der Waals surface area contributed by atoms with E-state index in [9.17, 15) is 5.21 Å². The minimum Gasteiger partial charge on any atom is -0.411 e. The predicted octanol–water partition coefficient (Wildman–Crippen LogP) is 5.97. The Bertz CT molecular complexity index is 630. The zero-order valence-electron chi connectivity index (χ0n) is 15.8. The van der Waals surface area contributed by atoms with Crippen LogP contribution in [0.1, 0.15) is 72.6 Å². The highest BCUT2D eigenvalue weighted by atomic mass is 16.4. The van der Waals surface area contributed by atoms with Crippen molar-refractivity contribution in [1.29, 1.82) is 0 Å². The lowest BCUT2D eigenvalue weighted by Gasteiger charge is -2.57. The molecule has 24 heavy (non-hydrogen) atoms. The molecular weight excluding hydrogens is 294 g/mol. The molecule has 0 aromatic carbocycles. The van der Waals surface area contributed by atoms with Gasteiger partial charge in [-0.1, -0.05) is 43.7 Å². The first-order valence-corrected chi connectivity index (χ1v) is 9.99. The van der Waals surface area contributed by atoms with Gasteiger partial charge >= 0.3 is 0 Å². The molecule has 0 aromatic heterocycles. The van der Waals surface area contributed by atoms with Gasteiger partial charge in [0.25, 0.3) is 0 Å². The lowest BCUT2D eigenvalue weighted by Crippen LogP contribution is -2.49. The minimum absolute atomic E-state index is 0.223. The number of rotatable bonds is 1. The van der Waals surface area contributed by atoms with Crippen LogP contribution in [0.4, 0.5) is 0 Å². The van der Waals surface area contributed by atoms with Crippen molar-refractivity contribution >= 4 is 5.71 Å². The summed E-state index contributed by atoms with van der Waals surface area (Å²) >= 11 is 0. The monoisotopic (exact) mass is 327 g/mol. The third-order valence-electron chi connectivity index (χ3n) is 8.47. The van der Waals surface area contributed by atoms with Gasteiger partial charge in [0.1, 0.15) is 0 Å². The van der Waals surface area contributed by atoms with Gasteiger partial charge in [0.05, 0.1) is 5.71 Å². The Labute approximate surface area is 147 Å². The van der Waals surface area contributed by atoms with E-state index in [-0.39, 0.29) is 5.41 Å². The first kappa shape index (κ1) is 16.4. The highest BCUT2D eigenvalue weighted by molar-refractivity contribution is 5.99. The molecule has 6 atom stereocenters. The molecule has 4 aliphatic rings. The van der Waals surface area contributed by atoms with Crippen LogP contribution in [0.5, 0.6) is 0 Å². The van der Waals surface area contributed by atoms with Crippen molar-refractivity contribution in [2.75, 3.05) is 0 Å². The van der Waals surface area contributed by atoms with Crippen LogP contribution >= 0.6 is 0 Å². The molecule has 0 aliphatic heterocycles. The van der Waals surface area contributed by atoms with Crippen molar-refractivity contribution in [1.82, 2.24) is 0 Å². The van der Waals surface area contributed by atoms with Crippen molar-refractivity contribution in [3.05, 3.63) is 23.3 Å². The van der Waals surface area contributed by atoms with E-state index in [4.69, 9.17) is 0 Å². The van der Waals surface area contributed by atoms with Crippen LogP contribution in [0, 0.1) is 34.5 Å². The fourth-order valence-corrected chi connectivity index (χ4v) is 7.03. The molecule has 6 unspecified atom stereocenters. The molecule has 2 fully saturated rings. The van der Waals surface area contributed by atoms with Crippen LogP contribution in [0.25, 0.3) is 0 Å².